The first-order chi connectivity index (χ1) is 13.0. The van der Waals surface area contributed by atoms with Crippen LogP contribution in [0.25, 0.3) is 0 Å². The minimum atomic E-state index is -0.332. The number of rotatable bonds is 5. The van der Waals surface area contributed by atoms with Crippen molar-refractivity contribution in [2.45, 2.75) is 6.04 Å². The van der Waals surface area contributed by atoms with Gasteiger partial charge in [-0.25, -0.2) is 4.79 Å². The zero-order valence-corrected chi connectivity index (χ0v) is 15.5. The van der Waals surface area contributed by atoms with Crippen molar-refractivity contribution in [1.29, 1.82) is 0 Å². The lowest BCUT2D eigenvalue weighted by Crippen LogP contribution is -2.37. The minimum Gasteiger partial charge on any atom is -0.482 e. The minimum absolute atomic E-state index is 0.0146. The predicted octanol–water partition coefficient (Wildman–Crippen LogP) is 2.29. The molecule has 0 radical (unpaired) electrons. The van der Waals surface area contributed by atoms with Crippen molar-refractivity contribution in [3.8, 4) is 5.75 Å². The number of nitrogens with one attached hydrogen (secondary N) is 1. The zero-order valence-electron chi connectivity index (χ0n) is 15.5. The second-order valence-electron chi connectivity index (χ2n) is 6.19. The molecule has 8 heteroatoms. The van der Waals surface area contributed by atoms with Gasteiger partial charge in [-0.3, -0.25) is 9.78 Å². The smallest absolute Gasteiger partial charge is 0.322 e. The quantitative estimate of drug-likeness (QED) is 0.873. The first-order valence-electron chi connectivity index (χ1n) is 8.48. The molecular weight excluding hydrogens is 348 g/mol. The summed E-state index contributed by atoms with van der Waals surface area (Å²) in [7, 11) is 4.94. The molecule has 142 valence electrons. The van der Waals surface area contributed by atoms with Crippen LogP contribution in [0.15, 0.2) is 42.6 Å². The number of fused-ring (bicyclic) bond motifs is 1. The number of hydrogen-bond acceptors (Lipinski definition) is 5. The molecule has 3 amide bonds. The molecule has 2 aromatic rings. The molecule has 2 heterocycles. The second-order valence-corrected chi connectivity index (χ2v) is 6.19. The van der Waals surface area contributed by atoms with Gasteiger partial charge in [-0.15, -0.1) is 0 Å². The third kappa shape index (κ3) is 4.01. The fourth-order valence-electron chi connectivity index (χ4n) is 2.83. The van der Waals surface area contributed by atoms with Crippen LogP contribution < -0.4 is 15.0 Å². The Labute approximate surface area is 157 Å². The summed E-state index contributed by atoms with van der Waals surface area (Å²) in [6.45, 7) is 0.330. The van der Waals surface area contributed by atoms with Crippen LogP contribution in [0.4, 0.5) is 16.2 Å². The largest absolute Gasteiger partial charge is 0.482 e. The highest BCUT2D eigenvalue weighted by molar-refractivity contribution is 5.99. The van der Waals surface area contributed by atoms with Gasteiger partial charge in [0.1, 0.15) is 5.75 Å². The maximum absolute atomic E-state index is 12.7. The molecule has 3 rings (SSSR count). The van der Waals surface area contributed by atoms with Crippen molar-refractivity contribution in [2.24, 2.45) is 0 Å². The van der Waals surface area contributed by atoms with E-state index in [1.54, 1.807) is 45.6 Å². The van der Waals surface area contributed by atoms with Gasteiger partial charge in [0, 0.05) is 33.1 Å². The normalized spacial score (nSPS) is 14.2. The molecule has 8 nitrogen and oxygen atoms in total. The Bertz CT molecular complexity index is 828. The van der Waals surface area contributed by atoms with Crippen molar-refractivity contribution in [3.63, 3.8) is 0 Å². The lowest BCUT2D eigenvalue weighted by Gasteiger charge is -2.28. The van der Waals surface area contributed by atoms with E-state index in [0.29, 0.717) is 23.7 Å². The van der Waals surface area contributed by atoms with Crippen LogP contribution in [0.5, 0.6) is 5.75 Å². The van der Waals surface area contributed by atoms with Crippen molar-refractivity contribution in [3.05, 3.63) is 48.3 Å². The number of anilines is 2. The van der Waals surface area contributed by atoms with Gasteiger partial charge in [0.25, 0.3) is 5.91 Å². The van der Waals surface area contributed by atoms with Gasteiger partial charge < -0.3 is 24.6 Å². The Morgan fingerprint density at radius 3 is 2.93 bits per heavy atom. The molecule has 0 fully saturated rings. The van der Waals surface area contributed by atoms with E-state index in [9.17, 15) is 9.59 Å². The average Bonchev–Trinajstić information content (AvgIpc) is 2.69. The number of carbonyl (C=O) groups is 2. The van der Waals surface area contributed by atoms with Crippen molar-refractivity contribution in [2.75, 3.05) is 44.6 Å². The summed E-state index contributed by atoms with van der Waals surface area (Å²) in [5, 5.41) is 2.85. The van der Waals surface area contributed by atoms with E-state index in [-0.39, 0.29) is 24.6 Å². The number of hydrogen-bond donors (Lipinski definition) is 1. The van der Waals surface area contributed by atoms with Gasteiger partial charge in [0.2, 0.25) is 0 Å². The SMILES string of the molecule is COC[C@H](c1ccccn1)N(C)C(=O)Nc1ccc2c(c1)N(C)C(=O)CO2. The van der Waals surface area contributed by atoms with E-state index in [2.05, 4.69) is 10.3 Å². The number of ether oxygens (including phenoxy) is 2. The molecule has 1 aliphatic rings. The summed E-state index contributed by atoms with van der Waals surface area (Å²) >= 11 is 0. The molecule has 1 N–H and O–H groups in total. The van der Waals surface area contributed by atoms with Gasteiger partial charge in [-0.2, -0.15) is 0 Å². The molecule has 1 aromatic carbocycles. The van der Waals surface area contributed by atoms with E-state index in [4.69, 9.17) is 9.47 Å². The zero-order chi connectivity index (χ0) is 19.4. The number of carbonyl (C=O) groups excluding carboxylic acids is 2. The first-order valence-corrected chi connectivity index (χ1v) is 8.48. The molecule has 1 aromatic heterocycles. The molecule has 1 atom stereocenters. The molecule has 0 bridgehead atoms. The first kappa shape index (κ1) is 18.7. The van der Waals surface area contributed by atoms with Gasteiger partial charge in [0.05, 0.1) is 24.0 Å². The van der Waals surface area contributed by atoms with Crippen LogP contribution in [-0.2, 0) is 9.53 Å². The molecule has 0 spiro atoms. The highest BCUT2D eigenvalue weighted by Crippen LogP contribution is 2.33. The topological polar surface area (TPSA) is 84.0 Å². The third-order valence-corrected chi connectivity index (χ3v) is 4.44. The number of benzene rings is 1. The second kappa shape index (κ2) is 8.05. The van der Waals surface area contributed by atoms with Gasteiger partial charge >= 0.3 is 6.03 Å². The molecular formula is C19H22N4O4. The van der Waals surface area contributed by atoms with Crippen LogP contribution in [0.3, 0.4) is 0 Å². The lowest BCUT2D eigenvalue weighted by atomic mass is 10.2. The Balaban J connectivity index is 1.77. The maximum Gasteiger partial charge on any atom is 0.322 e. The Kier molecular flexibility index (Phi) is 5.56. The standard InChI is InChI=1S/C19H22N4O4/c1-22-15-10-13(7-8-17(15)27-12-18(22)24)21-19(25)23(2)16(11-26-3)14-6-4-5-9-20-14/h4-10,16H,11-12H2,1-3H3,(H,21,25)/t16-/m1/s1. The summed E-state index contributed by atoms with van der Waals surface area (Å²) < 4.78 is 10.7. The van der Waals surface area contributed by atoms with E-state index in [1.165, 1.54) is 9.80 Å². The molecule has 1 aliphatic heterocycles. The average molecular weight is 370 g/mol. The summed E-state index contributed by atoms with van der Waals surface area (Å²) in [5.74, 6) is 0.465. The van der Waals surface area contributed by atoms with E-state index in [1.807, 2.05) is 18.2 Å². The van der Waals surface area contributed by atoms with Gasteiger partial charge in [-0.05, 0) is 30.3 Å². The molecule has 0 unspecified atom stereocenters. The van der Waals surface area contributed by atoms with Crippen LogP contribution in [0, 0.1) is 0 Å². The fraction of sp³-hybridized carbons (Fsp3) is 0.316. The predicted molar refractivity (Wildman–Crippen MR) is 101 cm³/mol. The molecule has 0 aliphatic carbocycles. The lowest BCUT2D eigenvalue weighted by molar-refractivity contribution is -0.120. The number of urea groups is 1. The van der Waals surface area contributed by atoms with Gasteiger partial charge in [-0.1, -0.05) is 6.07 Å². The van der Waals surface area contributed by atoms with E-state index in [0.717, 1.165) is 5.69 Å². The van der Waals surface area contributed by atoms with Crippen molar-refractivity contribution < 1.29 is 19.1 Å². The van der Waals surface area contributed by atoms with Crippen LogP contribution in [-0.4, -0.2) is 56.2 Å². The summed E-state index contributed by atoms with van der Waals surface area (Å²) in [5.41, 5.74) is 1.92. The number of pyridine rings is 1. The fourth-order valence-corrected chi connectivity index (χ4v) is 2.83. The summed E-state index contributed by atoms with van der Waals surface area (Å²) in [6, 6.07) is 10.1. The van der Waals surface area contributed by atoms with Crippen molar-refractivity contribution in [1.82, 2.24) is 9.88 Å². The maximum atomic E-state index is 12.7. The highest BCUT2D eigenvalue weighted by Gasteiger charge is 2.25. The van der Waals surface area contributed by atoms with Crippen LogP contribution in [0.2, 0.25) is 0 Å². The Hall–Kier alpha value is -3.13. The van der Waals surface area contributed by atoms with Crippen LogP contribution >= 0.6 is 0 Å². The number of methoxy groups -OCH3 is 1. The summed E-state index contributed by atoms with van der Waals surface area (Å²) in [6.07, 6.45) is 1.68. The monoisotopic (exact) mass is 370 g/mol. The molecule has 27 heavy (non-hydrogen) atoms. The van der Waals surface area contributed by atoms with Gasteiger partial charge in [0.15, 0.2) is 6.61 Å². The molecule has 0 saturated heterocycles. The number of likely N-dealkylation sites (N-methyl/N-ethyl adjacent to an activating group) is 2. The highest BCUT2D eigenvalue weighted by atomic mass is 16.5. The summed E-state index contributed by atoms with van der Waals surface area (Å²) in [4.78, 5) is 31.9. The number of amides is 3. The molecule has 0 saturated carbocycles. The number of nitrogens with zero attached hydrogens (tertiary/aromatic N) is 3. The number of aromatic nitrogens is 1. The Morgan fingerprint density at radius 1 is 1.41 bits per heavy atom. The Morgan fingerprint density at radius 2 is 2.22 bits per heavy atom. The third-order valence-electron chi connectivity index (χ3n) is 4.44. The van der Waals surface area contributed by atoms with E-state index < -0.39 is 0 Å². The van der Waals surface area contributed by atoms with Crippen molar-refractivity contribution >= 4 is 23.3 Å². The van der Waals surface area contributed by atoms with E-state index >= 15 is 0 Å². The van der Waals surface area contributed by atoms with Crippen LogP contribution in [0.1, 0.15) is 11.7 Å².